The molecule has 0 atom stereocenters. The molecule has 5 aromatic rings. The molecule has 47 heavy (non-hydrogen) atoms. The highest BCUT2D eigenvalue weighted by Gasteiger charge is 2.36. The Kier molecular flexibility index (Phi) is 11.1. The molecule has 0 bridgehead atoms. The first-order valence-corrected chi connectivity index (χ1v) is 15.3. The molecule has 0 saturated carbocycles. The van der Waals surface area contributed by atoms with E-state index in [9.17, 15) is 13.2 Å². The molecule has 0 spiro atoms. The molecule has 0 N–H and O–H groups in total. The average molecular weight is 656 g/mol. The van der Waals surface area contributed by atoms with Crippen molar-refractivity contribution >= 4 is 10.1 Å². The number of methoxy groups -OCH3 is 2. The van der Waals surface area contributed by atoms with Crippen LogP contribution in [0.25, 0.3) is 22.3 Å². The van der Waals surface area contributed by atoms with E-state index >= 15 is 0 Å². The Hall–Kier alpha value is -5.55. The smallest absolute Gasteiger partial charge is 0.485 e. The molecule has 5 rings (SSSR count). The second-order valence-electron chi connectivity index (χ2n) is 9.87. The van der Waals surface area contributed by atoms with Crippen molar-refractivity contribution in [2.45, 2.75) is 5.51 Å². The monoisotopic (exact) mass is 655 g/mol. The van der Waals surface area contributed by atoms with Gasteiger partial charge in [0.15, 0.2) is 10.1 Å². The summed E-state index contributed by atoms with van der Waals surface area (Å²) in [5.41, 5.74) is 2.52. The van der Waals surface area contributed by atoms with Gasteiger partial charge in [-0.1, -0.05) is 60.4 Å². The van der Waals surface area contributed by atoms with Crippen LogP contribution in [0.3, 0.4) is 0 Å². The van der Waals surface area contributed by atoms with Gasteiger partial charge < -0.3 is 14.0 Å². The number of halogens is 3. The summed E-state index contributed by atoms with van der Waals surface area (Å²) in [6.45, 7) is 0. The van der Waals surface area contributed by atoms with Crippen molar-refractivity contribution in [1.82, 2.24) is 0 Å². The van der Waals surface area contributed by atoms with Gasteiger partial charge in [-0.2, -0.15) is 17.7 Å². The van der Waals surface area contributed by atoms with Crippen molar-refractivity contribution in [1.29, 1.82) is 0 Å². The molecule has 0 radical (unpaired) electrons. The highest BCUT2D eigenvalue weighted by Crippen LogP contribution is 2.25. The molecule has 0 saturated heterocycles. The van der Waals surface area contributed by atoms with Crippen LogP contribution in [-0.2, 0) is 17.2 Å². The van der Waals surface area contributed by atoms with Crippen LogP contribution < -0.4 is 14.0 Å². The molecule has 6 nitrogen and oxygen atoms in total. The first kappa shape index (κ1) is 34.3. The first-order valence-electron chi connectivity index (χ1n) is 13.9. The fraction of sp³-hybridized carbons (Fsp3) is 0.108. The Bertz CT molecular complexity index is 1960. The topological polar surface area (TPSA) is 79.5 Å². The van der Waals surface area contributed by atoms with Gasteiger partial charge in [0, 0.05) is 35.1 Å². The molecule has 0 fully saturated rings. The van der Waals surface area contributed by atoms with Crippen molar-refractivity contribution in [2.24, 2.45) is 7.05 Å². The van der Waals surface area contributed by atoms with Gasteiger partial charge in [-0.3, -0.25) is 0 Å². The number of alkyl halides is 3. The molecule has 10 heteroatoms. The predicted octanol–water partition coefficient (Wildman–Crippen LogP) is 6.71. The maximum atomic E-state index is 10.7. The van der Waals surface area contributed by atoms with E-state index in [0.29, 0.717) is 0 Å². The second kappa shape index (κ2) is 15.2. The summed E-state index contributed by atoms with van der Waals surface area (Å²) < 4.78 is 71.6. The third-order valence-corrected chi connectivity index (χ3v) is 7.33. The summed E-state index contributed by atoms with van der Waals surface area (Å²) in [4.78, 5) is 0. The maximum Gasteiger partial charge on any atom is 0.485 e. The Morgan fingerprint density at radius 2 is 0.957 bits per heavy atom. The zero-order chi connectivity index (χ0) is 34.0. The van der Waals surface area contributed by atoms with E-state index in [1.54, 1.807) is 14.2 Å². The summed E-state index contributed by atoms with van der Waals surface area (Å²) in [5, 5.41) is 0. The lowest BCUT2D eigenvalue weighted by Gasteiger charge is -2.08. The predicted molar refractivity (Wildman–Crippen MR) is 172 cm³/mol. The Balaban J connectivity index is 0.000000555. The second-order valence-corrected chi connectivity index (χ2v) is 11.2. The summed E-state index contributed by atoms with van der Waals surface area (Å²) in [5.74, 6) is 14.8. The van der Waals surface area contributed by atoms with Crippen LogP contribution in [0.1, 0.15) is 22.5 Å². The van der Waals surface area contributed by atoms with Crippen LogP contribution in [-0.4, -0.2) is 32.7 Å². The average Bonchev–Trinajstić information content (AvgIpc) is 3.07. The van der Waals surface area contributed by atoms with Gasteiger partial charge in [0.05, 0.1) is 14.2 Å². The third kappa shape index (κ3) is 9.47. The molecule has 0 aliphatic heterocycles. The number of hydrogen-bond donors (Lipinski definition) is 0. The minimum absolute atomic E-state index is 0.845. The van der Waals surface area contributed by atoms with Crippen molar-refractivity contribution in [3.8, 4) is 57.4 Å². The molecular formula is C37H28F3NO5S. The lowest BCUT2D eigenvalue weighted by Crippen LogP contribution is -2.36. The van der Waals surface area contributed by atoms with E-state index in [-0.39, 0.29) is 0 Å². The number of aromatic nitrogens is 1. The summed E-state index contributed by atoms with van der Waals surface area (Å²) >= 11 is 0. The summed E-state index contributed by atoms with van der Waals surface area (Å²) in [6.07, 6.45) is 0. The van der Waals surface area contributed by atoms with Crippen molar-refractivity contribution in [3.63, 3.8) is 0 Å². The van der Waals surface area contributed by atoms with Crippen LogP contribution in [0.4, 0.5) is 13.2 Å². The van der Waals surface area contributed by atoms with Crippen LogP contribution in [0.15, 0.2) is 115 Å². The number of nitrogens with zero attached hydrogens (tertiary/aromatic N) is 1. The van der Waals surface area contributed by atoms with Gasteiger partial charge in [0.1, 0.15) is 18.5 Å². The van der Waals surface area contributed by atoms with E-state index in [1.165, 1.54) is 0 Å². The zero-order valence-electron chi connectivity index (χ0n) is 25.5. The van der Waals surface area contributed by atoms with Crippen LogP contribution in [0.2, 0.25) is 0 Å². The molecule has 0 unspecified atom stereocenters. The SMILES string of the molecule is COc1cccc(-c2ccc(C#Cc3cccc(C#Cc4ccc(-c5cccc(OC)c5)cc4)[n+]3C)cc2)c1.O=S(=O)([O-])C(F)(F)F. The molecule has 0 aliphatic rings. The van der Waals surface area contributed by atoms with E-state index < -0.39 is 15.6 Å². The number of pyridine rings is 1. The van der Waals surface area contributed by atoms with Gasteiger partial charge in [0.25, 0.3) is 11.4 Å². The Labute approximate surface area is 271 Å². The van der Waals surface area contributed by atoms with E-state index in [4.69, 9.17) is 22.4 Å². The highest BCUT2D eigenvalue weighted by atomic mass is 32.2. The summed E-state index contributed by atoms with van der Waals surface area (Å²) in [6, 6.07) is 38.6. The Morgan fingerprint density at radius 3 is 1.30 bits per heavy atom. The van der Waals surface area contributed by atoms with Crippen LogP contribution in [0.5, 0.6) is 11.5 Å². The number of benzene rings is 4. The van der Waals surface area contributed by atoms with Crippen LogP contribution >= 0.6 is 0 Å². The fourth-order valence-electron chi connectivity index (χ4n) is 4.20. The van der Waals surface area contributed by atoms with Gasteiger partial charge >= 0.3 is 5.51 Å². The Morgan fingerprint density at radius 1 is 0.596 bits per heavy atom. The zero-order valence-corrected chi connectivity index (χ0v) is 26.3. The van der Waals surface area contributed by atoms with E-state index in [2.05, 4.69) is 60.1 Å². The van der Waals surface area contributed by atoms with Gasteiger partial charge in [-0.15, -0.1) is 0 Å². The minimum Gasteiger partial charge on any atom is -0.741 e. The maximum absolute atomic E-state index is 10.7. The highest BCUT2D eigenvalue weighted by molar-refractivity contribution is 7.86. The summed E-state index contributed by atoms with van der Waals surface area (Å²) in [7, 11) is -0.738. The van der Waals surface area contributed by atoms with Gasteiger partial charge in [-0.25, -0.2) is 8.42 Å². The molecule has 1 aromatic heterocycles. The molecular weight excluding hydrogens is 627 g/mol. The molecule has 238 valence electrons. The normalized spacial score (nSPS) is 10.7. The number of ether oxygens (including phenoxy) is 2. The standard InChI is InChI=1S/C36H28NO2.CHF3O3S/c1-37-33(23-17-27-13-19-29(20-14-27)31-7-4-11-35(25-31)38-2)9-6-10-34(37)24-18-28-15-21-30(22-16-28)32-8-5-12-36(26-32)39-3;2-1(3,4)8(5,6)7/h4-16,19-22,25-26H,1-3H3;(H,5,6,7)/q+1;/p-1. The van der Waals surface area contributed by atoms with E-state index in [1.807, 2.05) is 90.5 Å². The first-order chi connectivity index (χ1) is 22.4. The molecule has 0 amide bonds. The van der Waals surface area contributed by atoms with E-state index in [0.717, 1.165) is 56.3 Å². The van der Waals surface area contributed by atoms with Crippen LogP contribution in [0, 0.1) is 23.7 Å². The van der Waals surface area contributed by atoms with Crippen molar-refractivity contribution < 1.29 is 40.2 Å². The largest absolute Gasteiger partial charge is 0.741 e. The quantitative estimate of drug-likeness (QED) is 0.0931. The third-order valence-electron chi connectivity index (χ3n) is 6.76. The minimum atomic E-state index is -6.09. The number of rotatable bonds is 4. The lowest BCUT2D eigenvalue weighted by atomic mass is 10.0. The van der Waals surface area contributed by atoms with Crippen molar-refractivity contribution in [3.05, 3.63) is 138 Å². The number of hydrogen-bond acceptors (Lipinski definition) is 5. The van der Waals surface area contributed by atoms with Gasteiger partial charge in [0.2, 0.25) is 0 Å². The van der Waals surface area contributed by atoms with Gasteiger partial charge in [-0.05, 0) is 76.9 Å². The lowest BCUT2D eigenvalue weighted by molar-refractivity contribution is -0.676. The molecule has 4 aromatic carbocycles. The molecule has 1 heterocycles. The fourth-order valence-corrected chi connectivity index (χ4v) is 4.20. The van der Waals surface area contributed by atoms with Crippen molar-refractivity contribution in [2.75, 3.05) is 14.2 Å². The molecule has 0 aliphatic carbocycles.